The number of hydrogen-bond acceptors (Lipinski definition) is 2. The summed E-state index contributed by atoms with van der Waals surface area (Å²) in [6, 6.07) is 9.94. The lowest BCUT2D eigenvalue weighted by Crippen LogP contribution is -2.07. The van der Waals surface area contributed by atoms with Crippen LogP contribution in [0.25, 0.3) is 0 Å². The summed E-state index contributed by atoms with van der Waals surface area (Å²) in [7, 11) is 1.73. The normalized spacial score (nSPS) is 12.4. The standard InChI is InChI=1S/C13H19BrO2/c1-15-11-12(14)7-5-6-10-16-13-8-3-2-4-9-13/h2-4,8-9,12H,5-7,10-11H2,1H3. The SMILES string of the molecule is COCC(Br)CCCCOc1ccccc1. The van der Waals surface area contributed by atoms with E-state index in [-0.39, 0.29) is 0 Å². The predicted octanol–water partition coefficient (Wildman–Crippen LogP) is 3.65. The Labute approximate surface area is 106 Å². The molecule has 1 aromatic carbocycles. The van der Waals surface area contributed by atoms with E-state index in [1.807, 2.05) is 30.3 Å². The smallest absolute Gasteiger partial charge is 0.119 e. The third kappa shape index (κ3) is 6.13. The van der Waals surface area contributed by atoms with Crippen LogP contribution in [0, 0.1) is 0 Å². The van der Waals surface area contributed by atoms with Gasteiger partial charge in [0.05, 0.1) is 13.2 Å². The lowest BCUT2D eigenvalue weighted by Gasteiger charge is -2.08. The van der Waals surface area contributed by atoms with Crippen LogP contribution in [-0.2, 0) is 4.74 Å². The molecule has 1 atom stereocenters. The van der Waals surface area contributed by atoms with Crippen molar-refractivity contribution in [3.63, 3.8) is 0 Å². The summed E-state index contributed by atoms with van der Waals surface area (Å²) < 4.78 is 10.7. The minimum atomic E-state index is 0.467. The summed E-state index contributed by atoms with van der Waals surface area (Å²) >= 11 is 3.57. The van der Waals surface area contributed by atoms with Gasteiger partial charge in [0.25, 0.3) is 0 Å². The number of para-hydroxylation sites is 1. The van der Waals surface area contributed by atoms with Gasteiger partial charge in [0.1, 0.15) is 5.75 Å². The third-order valence-electron chi connectivity index (χ3n) is 2.27. The molecule has 0 aliphatic rings. The van der Waals surface area contributed by atoms with Crippen LogP contribution in [0.1, 0.15) is 19.3 Å². The second-order valence-electron chi connectivity index (χ2n) is 3.71. The molecule has 0 radical (unpaired) electrons. The molecule has 0 amide bonds. The van der Waals surface area contributed by atoms with Crippen LogP contribution >= 0.6 is 15.9 Å². The zero-order valence-corrected chi connectivity index (χ0v) is 11.3. The van der Waals surface area contributed by atoms with Crippen LogP contribution < -0.4 is 4.74 Å². The Hall–Kier alpha value is -0.540. The van der Waals surface area contributed by atoms with E-state index in [9.17, 15) is 0 Å². The second-order valence-corrected chi connectivity index (χ2v) is 5.00. The Bertz CT molecular complexity index is 264. The Morgan fingerprint density at radius 2 is 1.94 bits per heavy atom. The Morgan fingerprint density at radius 1 is 1.19 bits per heavy atom. The predicted molar refractivity (Wildman–Crippen MR) is 70.4 cm³/mol. The van der Waals surface area contributed by atoms with Crippen molar-refractivity contribution in [3.05, 3.63) is 30.3 Å². The third-order valence-corrected chi connectivity index (χ3v) is 2.99. The van der Waals surface area contributed by atoms with Crippen molar-refractivity contribution >= 4 is 15.9 Å². The second kappa shape index (κ2) is 8.59. The lowest BCUT2D eigenvalue weighted by molar-refractivity contribution is 0.196. The van der Waals surface area contributed by atoms with Crippen molar-refractivity contribution in [1.82, 2.24) is 0 Å². The molecule has 0 saturated heterocycles. The summed E-state index contributed by atoms with van der Waals surface area (Å²) in [5.74, 6) is 0.954. The molecule has 0 fully saturated rings. The molecule has 0 aliphatic heterocycles. The number of halogens is 1. The molecular weight excluding hydrogens is 268 g/mol. The van der Waals surface area contributed by atoms with Crippen molar-refractivity contribution in [3.8, 4) is 5.75 Å². The van der Waals surface area contributed by atoms with E-state index in [1.54, 1.807) is 7.11 Å². The zero-order valence-electron chi connectivity index (χ0n) is 9.69. The van der Waals surface area contributed by atoms with Gasteiger partial charge in [-0.2, -0.15) is 0 Å². The van der Waals surface area contributed by atoms with Gasteiger partial charge >= 0.3 is 0 Å². The summed E-state index contributed by atoms with van der Waals surface area (Å²) in [4.78, 5) is 0.467. The maximum Gasteiger partial charge on any atom is 0.119 e. The molecule has 0 aromatic heterocycles. The first-order chi connectivity index (χ1) is 7.83. The molecule has 0 aliphatic carbocycles. The van der Waals surface area contributed by atoms with Crippen LogP contribution in [0.3, 0.4) is 0 Å². The number of ether oxygens (including phenoxy) is 2. The number of alkyl halides is 1. The van der Waals surface area contributed by atoms with Crippen molar-refractivity contribution < 1.29 is 9.47 Å². The maximum atomic E-state index is 5.60. The van der Waals surface area contributed by atoms with E-state index in [2.05, 4.69) is 15.9 Å². The largest absolute Gasteiger partial charge is 0.494 e. The number of hydrogen-bond donors (Lipinski definition) is 0. The molecule has 1 rings (SSSR count). The average molecular weight is 287 g/mol. The molecule has 2 nitrogen and oxygen atoms in total. The highest BCUT2D eigenvalue weighted by molar-refractivity contribution is 9.09. The number of benzene rings is 1. The maximum absolute atomic E-state index is 5.60. The molecular formula is C13H19BrO2. The topological polar surface area (TPSA) is 18.5 Å². The van der Waals surface area contributed by atoms with Crippen LogP contribution in [0.2, 0.25) is 0 Å². The molecule has 0 N–H and O–H groups in total. The van der Waals surface area contributed by atoms with Gasteiger partial charge in [-0.25, -0.2) is 0 Å². The summed E-state index contributed by atoms with van der Waals surface area (Å²) in [6.07, 6.45) is 3.37. The summed E-state index contributed by atoms with van der Waals surface area (Å²) in [5, 5.41) is 0. The minimum absolute atomic E-state index is 0.467. The highest BCUT2D eigenvalue weighted by Gasteiger charge is 2.02. The Morgan fingerprint density at radius 3 is 2.62 bits per heavy atom. The monoisotopic (exact) mass is 286 g/mol. The fourth-order valence-electron chi connectivity index (χ4n) is 1.44. The average Bonchev–Trinajstić information content (AvgIpc) is 2.30. The zero-order chi connectivity index (χ0) is 11.6. The summed E-state index contributed by atoms with van der Waals surface area (Å²) in [6.45, 7) is 1.57. The molecule has 0 saturated carbocycles. The lowest BCUT2D eigenvalue weighted by atomic mass is 10.2. The first kappa shape index (κ1) is 13.5. The van der Waals surface area contributed by atoms with Gasteiger partial charge in [0.15, 0.2) is 0 Å². The van der Waals surface area contributed by atoms with Crippen molar-refractivity contribution in [2.24, 2.45) is 0 Å². The van der Waals surface area contributed by atoms with Crippen molar-refractivity contribution in [1.29, 1.82) is 0 Å². The van der Waals surface area contributed by atoms with E-state index in [0.717, 1.165) is 38.2 Å². The molecule has 90 valence electrons. The van der Waals surface area contributed by atoms with Crippen LogP contribution in [0.15, 0.2) is 30.3 Å². The first-order valence-corrected chi connectivity index (χ1v) is 6.55. The molecule has 0 bridgehead atoms. The van der Waals surface area contributed by atoms with E-state index < -0.39 is 0 Å². The molecule has 3 heteroatoms. The van der Waals surface area contributed by atoms with E-state index in [4.69, 9.17) is 9.47 Å². The van der Waals surface area contributed by atoms with Crippen molar-refractivity contribution in [2.75, 3.05) is 20.3 Å². The van der Waals surface area contributed by atoms with Gasteiger partial charge < -0.3 is 9.47 Å². The number of methoxy groups -OCH3 is 1. The fourth-order valence-corrected chi connectivity index (χ4v) is 2.03. The van der Waals surface area contributed by atoms with Gasteiger partial charge in [0.2, 0.25) is 0 Å². The highest BCUT2D eigenvalue weighted by atomic mass is 79.9. The van der Waals surface area contributed by atoms with Gasteiger partial charge in [0, 0.05) is 11.9 Å². The molecule has 1 aromatic rings. The number of rotatable bonds is 8. The van der Waals surface area contributed by atoms with Crippen LogP contribution in [-0.4, -0.2) is 25.2 Å². The van der Waals surface area contributed by atoms with Gasteiger partial charge in [-0.1, -0.05) is 34.1 Å². The quantitative estimate of drug-likeness (QED) is 0.537. The van der Waals surface area contributed by atoms with Crippen LogP contribution in [0.5, 0.6) is 5.75 Å². The number of unbranched alkanes of at least 4 members (excludes halogenated alkanes) is 1. The van der Waals surface area contributed by atoms with E-state index in [1.165, 1.54) is 0 Å². The van der Waals surface area contributed by atoms with E-state index in [0.29, 0.717) is 4.83 Å². The van der Waals surface area contributed by atoms with E-state index >= 15 is 0 Å². The van der Waals surface area contributed by atoms with Crippen molar-refractivity contribution in [2.45, 2.75) is 24.1 Å². The van der Waals surface area contributed by atoms with Crippen LogP contribution in [0.4, 0.5) is 0 Å². The molecule has 1 unspecified atom stereocenters. The van der Waals surface area contributed by atoms with Gasteiger partial charge in [-0.15, -0.1) is 0 Å². The Kier molecular flexibility index (Phi) is 7.26. The highest BCUT2D eigenvalue weighted by Crippen LogP contribution is 2.12. The first-order valence-electron chi connectivity index (χ1n) is 5.64. The van der Waals surface area contributed by atoms with Gasteiger partial charge in [-0.3, -0.25) is 0 Å². The fraction of sp³-hybridized carbons (Fsp3) is 0.538. The van der Waals surface area contributed by atoms with Gasteiger partial charge in [-0.05, 0) is 31.4 Å². The minimum Gasteiger partial charge on any atom is -0.494 e. The molecule has 0 spiro atoms. The summed E-state index contributed by atoms with van der Waals surface area (Å²) in [5.41, 5.74) is 0. The Balaban J connectivity index is 2.00. The molecule has 16 heavy (non-hydrogen) atoms. The molecule has 0 heterocycles.